The Balaban J connectivity index is 1.18. The smallest absolute Gasteiger partial charge is 0.254 e. The molecule has 1 saturated heterocycles. The number of carbonyl (C=O) groups excluding carboxylic acids is 2. The molecule has 7 heteroatoms. The van der Waals surface area contributed by atoms with E-state index in [0.717, 1.165) is 37.8 Å². The first-order valence-electron chi connectivity index (χ1n) is 14.2. The first-order valence-corrected chi connectivity index (χ1v) is 15.1. The molecule has 1 fully saturated rings. The van der Waals surface area contributed by atoms with Crippen LogP contribution >= 0.6 is 11.3 Å². The van der Waals surface area contributed by atoms with Crippen molar-refractivity contribution in [3.05, 3.63) is 92.9 Å². The van der Waals surface area contributed by atoms with Gasteiger partial charge >= 0.3 is 0 Å². The number of rotatable bonds is 8. The fourth-order valence-electron chi connectivity index (χ4n) is 5.92. The van der Waals surface area contributed by atoms with Crippen molar-refractivity contribution < 1.29 is 14.0 Å². The van der Waals surface area contributed by atoms with Gasteiger partial charge in [-0.15, -0.1) is 11.3 Å². The van der Waals surface area contributed by atoms with E-state index in [1.807, 2.05) is 34.9 Å². The van der Waals surface area contributed by atoms with Gasteiger partial charge in [0, 0.05) is 55.6 Å². The van der Waals surface area contributed by atoms with E-state index < -0.39 is 0 Å². The Kier molecular flexibility index (Phi) is 8.78. The lowest BCUT2D eigenvalue weighted by molar-refractivity contribution is -0.134. The molecule has 5 nitrogen and oxygen atoms in total. The van der Waals surface area contributed by atoms with Crippen molar-refractivity contribution in [2.24, 2.45) is 0 Å². The molecule has 2 aliphatic heterocycles. The maximum atomic E-state index is 14.1. The van der Waals surface area contributed by atoms with Crippen molar-refractivity contribution >= 4 is 23.2 Å². The van der Waals surface area contributed by atoms with Gasteiger partial charge in [0.05, 0.1) is 6.04 Å². The number of hydrogen-bond donors (Lipinski definition) is 0. The average Bonchev–Trinajstić information content (AvgIpc) is 3.43. The van der Waals surface area contributed by atoms with E-state index in [9.17, 15) is 14.0 Å². The first kappa shape index (κ1) is 27.5. The number of amides is 2. The third-order valence-electron chi connectivity index (χ3n) is 8.10. The summed E-state index contributed by atoms with van der Waals surface area (Å²) in [5, 5.41) is 2.11. The summed E-state index contributed by atoms with van der Waals surface area (Å²) in [5.74, 6) is -0.0856. The van der Waals surface area contributed by atoms with Crippen LogP contribution in [0, 0.1) is 5.82 Å². The van der Waals surface area contributed by atoms with Gasteiger partial charge in [-0.2, -0.15) is 0 Å². The fourth-order valence-corrected chi connectivity index (χ4v) is 6.82. The van der Waals surface area contributed by atoms with E-state index >= 15 is 0 Å². The second kappa shape index (κ2) is 12.4. The van der Waals surface area contributed by atoms with E-state index in [1.54, 1.807) is 23.5 Å². The summed E-state index contributed by atoms with van der Waals surface area (Å²) in [6.45, 7) is 7.30. The maximum Gasteiger partial charge on any atom is 0.254 e. The number of thiophene rings is 1. The summed E-state index contributed by atoms with van der Waals surface area (Å²) < 4.78 is 14.1. The first-order chi connectivity index (χ1) is 18.9. The highest BCUT2D eigenvalue weighted by atomic mass is 32.1. The molecule has 2 atom stereocenters. The zero-order valence-electron chi connectivity index (χ0n) is 22.9. The monoisotopic (exact) mass is 547 g/mol. The van der Waals surface area contributed by atoms with Crippen molar-refractivity contribution in [2.75, 3.05) is 32.7 Å². The van der Waals surface area contributed by atoms with Gasteiger partial charge in [-0.3, -0.25) is 14.5 Å². The highest BCUT2D eigenvalue weighted by Crippen LogP contribution is 2.38. The van der Waals surface area contributed by atoms with Gasteiger partial charge in [0.25, 0.3) is 5.91 Å². The number of fused-ring (bicyclic) bond motifs is 1. The zero-order valence-corrected chi connectivity index (χ0v) is 23.8. The lowest BCUT2D eigenvalue weighted by Gasteiger charge is -2.41. The predicted octanol–water partition coefficient (Wildman–Crippen LogP) is 5.94. The molecule has 2 aliphatic rings. The van der Waals surface area contributed by atoms with Gasteiger partial charge in [-0.05, 0) is 78.6 Å². The van der Waals surface area contributed by atoms with Gasteiger partial charge in [-0.25, -0.2) is 4.39 Å². The molecular formula is C32H38FN3O2S. The van der Waals surface area contributed by atoms with E-state index in [1.165, 1.54) is 22.1 Å². The highest BCUT2D eigenvalue weighted by Gasteiger charge is 2.33. The summed E-state index contributed by atoms with van der Waals surface area (Å²) in [5.41, 5.74) is 4.13. The predicted molar refractivity (Wildman–Crippen MR) is 155 cm³/mol. The van der Waals surface area contributed by atoms with Crippen LogP contribution < -0.4 is 0 Å². The largest absolute Gasteiger partial charge is 0.339 e. The Labute approximate surface area is 235 Å². The average molecular weight is 548 g/mol. The number of nitrogens with zero attached hydrogens (tertiary/aromatic N) is 3. The molecule has 5 rings (SSSR count). The Bertz CT molecular complexity index is 1290. The molecule has 2 aromatic carbocycles. The van der Waals surface area contributed by atoms with Crippen LogP contribution in [0.25, 0.3) is 0 Å². The maximum absolute atomic E-state index is 14.1. The van der Waals surface area contributed by atoms with Crippen LogP contribution in [0.2, 0.25) is 0 Å². The number of aryl methyl sites for hydroxylation is 1. The van der Waals surface area contributed by atoms with E-state index in [-0.39, 0.29) is 29.7 Å². The van der Waals surface area contributed by atoms with Crippen LogP contribution in [-0.4, -0.2) is 65.3 Å². The minimum absolute atomic E-state index is 0.0365. The van der Waals surface area contributed by atoms with Crippen LogP contribution in [-0.2, 0) is 17.6 Å². The highest BCUT2D eigenvalue weighted by molar-refractivity contribution is 7.10. The molecule has 0 N–H and O–H groups in total. The molecule has 0 spiro atoms. The van der Waals surface area contributed by atoms with Gasteiger partial charge in [0.1, 0.15) is 5.82 Å². The molecule has 206 valence electrons. The molecule has 3 aromatic rings. The van der Waals surface area contributed by atoms with Gasteiger partial charge < -0.3 is 9.80 Å². The minimum atomic E-state index is -0.236. The third kappa shape index (κ3) is 6.25. The Hall–Kier alpha value is -3.03. The van der Waals surface area contributed by atoms with Gasteiger partial charge in [0.2, 0.25) is 5.91 Å². The second-order valence-corrected chi connectivity index (χ2v) is 11.8. The lowest BCUT2D eigenvalue weighted by atomic mass is 9.93. The normalized spacial score (nSPS) is 19.7. The topological polar surface area (TPSA) is 43.9 Å². The van der Waals surface area contributed by atoms with Crippen molar-refractivity contribution in [1.82, 2.24) is 14.7 Å². The quantitative estimate of drug-likeness (QED) is 0.351. The Morgan fingerprint density at radius 2 is 1.87 bits per heavy atom. The van der Waals surface area contributed by atoms with Crippen molar-refractivity contribution in [2.45, 2.75) is 58.0 Å². The van der Waals surface area contributed by atoms with Crippen molar-refractivity contribution in [3.63, 3.8) is 0 Å². The van der Waals surface area contributed by atoms with Crippen LogP contribution in [0.15, 0.2) is 60.0 Å². The van der Waals surface area contributed by atoms with Crippen LogP contribution in [0.1, 0.15) is 71.1 Å². The number of piperazine rings is 1. The number of unbranched alkanes of at least 4 members (excludes halogenated alkanes) is 1. The fraction of sp³-hybridized carbons (Fsp3) is 0.438. The van der Waals surface area contributed by atoms with E-state index in [0.29, 0.717) is 38.2 Å². The summed E-state index contributed by atoms with van der Waals surface area (Å²) in [4.78, 5) is 34.0. The van der Waals surface area contributed by atoms with Crippen LogP contribution in [0.4, 0.5) is 4.39 Å². The molecule has 0 unspecified atom stereocenters. The lowest BCUT2D eigenvalue weighted by Crippen LogP contribution is -2.55. The molecule has 0 saturated carbocycles. The standard InChI is InChI=1S/C32H38FN3O2S/c1-3-4-6-24-9-11-25(12-10-24)32(38)36-19-18-35(22-23(36)2)30(37)14-17-34-16-13-29-28(15-20-39-29)31(34)26-7-5-8-27(33)21-26/h5,7-12,15,20-21,23,31H,3-4,6,13-14,16-19,22H2,1-2H3/t23-,31-/m1/s1. The van der Waals surface area contributed by atoms with Gasteiger partial charge in [-0.1, -0.05) is 37.6 Å². The second-order valence-electron chi connectivity index (χ2n) is 10.8. The third-order valence-corrected chi connectivity index (χ3v) is 9.10. The van der Waals surface area contributed by atoms with Crippen molar-refractivity contribution in [3.8, 4) is 0 Å². The Morgan fingerprint density at radius 1 is 1.05 bits per heavy atom. The molecule has 39 heavy (non-hydrogen) atoms. The SMILES string of the molecule is CCCCc1ccc(C(=O)N2CCN(C(=O)CCN3CCc4sccc4[C@H]3c3cccc(F)c3)C[C@H]2C)cc1. The summed E-state index contributed by atoms with van der Waals surface area (Å²) >= 11 is 1.75. The van der Waals surface area contributed by atoms with E-state index in [4.69, 9.17) is 0 Å². The molecule has 2 amide bonds. The Morgan fingerprint density at radius 3 is 2.62 bits per heavy atom. The summed E-state index contributed by atoms with van der Waals surface area (Å²) in [6.07, 6.45) is 4.70. The molecule has 0 radical (unpaired) electrons. The number of halogens is 1. The van der Waals surface area contributed by atoms with Crippen LogP contribution in [0.5, 0.6) is 0 Å². The summed E-state index contributed by atoms with van der Waals surface area (Å²) in [6, 6.07) is 16.9. The number of benzene rings is 2. The number of carbonyl (C=O) groups is 2. The van der Waals surface area contributed by atoms with Gasteiger partial charge in [0.15, 0.2) is 0 Å². The van der Waals surface area contributed by atoms with E-state index in [2.05, 4.69) is 35.4 Å². The zero-order chi connectivity index (χ0) is 27.4. The minimum Gasteiger partial charge on any atom is -0.339 e. The molecule has 1 aromatic heterocycles. The molecule has 3 heterocycles. The summed E-state index contributed by atoms with van der Waals surface area (Å²) in [7, 11) is 0. The van der Waals surface area contributed by atoms with Crippen molar-refractivity contribution in [1.29, 1.82) is 0 Å². The molecule has 0 aliphatic carbocycles. The number of hydrogen-bond acceptors (Lipinski definition) is 4. The van der Waals surface area contributed by atoms with Crippen LogP contribution in [0.3, 0.4) is 0 Å². The molecular weight excluding hydrogens is 509 g/mol. The molecule has 0 bridgehead atoms.